The predicted octanol–water partition coefficient (Wildman–Crippen LogP) is 3.51. The number of nitrogens with zero attached hydrogens (tertiary/aromatic N) is 1. The van der Waals surface area contributed by atoms with Gasteiger partial charge in [-0.15, -0.1) is 0 Å². The Morgan fingerprint density at radius 1 is 1.42 bits per heavy atom. The summed E-state index contributed by atoms with van der Waals surface area (Å²) in [5.74, 6) is 0.983. The summed E-state index contributed by atoms with van der Waals surface area (Å²) in [6, 6.07) is 5.52. The Morgan fingerprint density at radius 3 is 2.79 bits per heavy atom. The Bertz CT molecular complexity index is 384. The summed E-state index contributed by atoms with van der Waals surface area (Å²) >= 11 is 1.86. The van der Waals surface area contributed by atoms with Gasteiger partial charge >= 0.3 is 0 Å². The second-order valence-electron chi connectivity index (χ2n) is 4.79. The molecule has 0 amide bonds. The van der Waals surface area contributed by atoms with E-state index in [0.29, 0.717) is 12.6 Å². The highest BCUT2D eigenvalue weighted by atomic mass is 32.2. The third kappa shape index (κ3) is 5.03. The molecule has 0 saturated carbocycles. The second kappa shape index (κ2) is 8.43. The molecule has 1 unspecified atom stereocenters. The van der Waals surface area contributed by atoms with Crippen molar-refractivity contribution in [2.24, 2.45) is 0 Å². The molecule has 1 aromatic carbocycles. The topological polar surface area (TPSA) is 15.3 Å². The van der Waals surface area contributed by atoms with Crippen LogP contribution in [-0.2, 0) is 6.54 Å². The summed E-state index contributed by atoms with van der Waals surface area (Å²) in [5.41, 5.74) is 2.15. The molecule has 0 heterocycles. The van der Waals surface area contributed by atoms with E-state index in [1.807, 2.05) is 17.8 Å². The van der Waals surface area contributed by atoms with Crippen LogP contribution in [-0.4, -0.2) is 31.6 Å². The zero-order valence-corrected chi connectivity index (χ0v) is 13.2. The molecule has 0 aliphatic rings. The van der Waals surface area contributed by atoms with E-state index in [2.05, 4.69) is 37.4 Å². The van der Waals surface area contributed by atoms with E-state index in [-0.39, 0.29) is 5.82 Å². The minimum atomic E-state index is -0.165. The molecule has 0 spiro atoms. The lowest BCUT2D eigenvalue weighted by atomic mass is 10.1. The highest BCUT2D eigenvalue weighted by Gasteiger charge is 2.13. The van der Waals surface area contributed by atoms with Crippen LogP contribution in [0, 0.1) is 5.82 Å². The van der Waals surface area contributed by atoms with Crippen molar-refractivity contribution < 1.29 is 4.39 Å². The summed E-state index contributed by atoms with van der Waals surface area (Å²) in [6.45, 7) is 5.88. The van der Waals surface area contributed by atoms with Crippen LogP contribution in [0.1, 0.15) is 25.8 Å². The number of halogens is 1. The number of hydrogen-bond acceptors (Lipinski definition) is 3. The van der Waals surface area contributed by atoms with Crippen LogP contribution in [0.15, 0.2) is 18.2 Å². The van der Waals surface area contributed by atoms with Crippen LogP contribution in [0.3, 0.4) is 0 Å². The van der Waals surface area contributed by atoms with Gasteiger partial charge in [-0.2, -0.15) is 11.8 Å². The maximum atomic E-state index is 13.4. The fraction of sp³-hybridized carbons (Fsp3) is 0.600. The van der Waals surface area contributed by atoms with Crippen molar-refractivity contribution in [3.8, 4) is 0 Å². The SMILES string of the molecule is CCNCc1cc(F)ccc1N(C)C(C)CCSC. The van der Waals surface area contributed by atoms with Crippen molar-refractivity contribution >= 4 is 17.4 Å². The van der Waals surface area contributed by atoms with Crippen LogP contribution in [0.25, 0.3) is 0 Å². The van der Waals surface area contributed by atoms with E-state index in [1.165, 1.54) is 0 Å². The smallest absolute Gasteiger partial charge is 0.123 e. The molecule has 1 atom stereocenters. The van der Waals surface area contributed by atoms with Crippen LogP contribution in [0.4, 0.5) is 10.1 Å². The molecule has 0 bridgehead atoms. The molecule has 1 aromatic rings. The van der Waals surface area contributed by atoms with Gasteiger partial charge in [0.15, 0.2) is 0 Å². The minimum Gasteiger partial charge on any atom is -0.372 e. The van der Waals surface area contributed by atoms with Gasteiger partial charge in [-0.25, -0.2) is 4.39 Å². The average molecular weight is 284 g/mol. The first-order valence-corrected chi connectivity index (χ1v) is 8.20. The van der Waals surface area contributed by atoms with Crippen LogP contribution in [0.2, 0.25) is 0 Å². The molecule has 0 aliphatic carbocycles. The lowest BCUT2D eigenvalue weighted by Gasteiger charge is -2.29. The predicted molar refractivity (Wildman–Crippen MR) is 84.6 cm³/mol. The van der Waals surface area contributed by atoms with E-state index in [9.17, 15) is 4.39 Å². The molecule has 0 aromatic heterocycles. The number of nitrogens with one attached hydrogen (secondary N) is 1. The van der Waals surface area contributed by atoms with Crippen molar-refractivity contribution in [3.05, 3.63) is 29.6 Å². The summed E-state index contributed by atoms with van der Waals surface area (Å²) in [6.07, 6.45) is 3.26. The Hall–Kier alpha value is -0.740. The number of rotatable bonds is 8. The van der Waals surface area contributed by atoms with E-state index in [0.717, 1.165) is 30.0 Å². The summed E-state index contributed by atoms with van der Waals surface area (Å²) < 4.78 is 13.4. The second-order valence-corrected chi connectivity index (χ2v) is 5.78. The van der Waals surface area contributed by atoms with E-state index >= 15 is 0 Å². The zero-order valence-electron chi connectivity index (χ0n) is 12.4. The first-order chi connectivity index (χ1) is 9.10. The van der Waals surface area contributed by atoms with Crippen molar-refractivity contribution in [1.29, 1.82) is 0 Å². The monoisotopic (exact) mass is 284 g/mol. The molecule has 19 heavy (non-hydrogen) atoms. The van der Waals surface area contributed by atoms with Crippen molar-refractivity contribution in [1.82, 2.24) is 5.32 Å². The third-order valence-corrected chi connectivity index (χ3v) is 4.03. The lowest BCUT2D eigenvalue weighted by Crippen LogP contribution is -2.30. The maximum Gasteiger partial charge on any atom is 0.123 e. The third-order valence-electron chi connectivity index (χ3n) is 3.39. The van der Waals surface area contributed by atoms with Crippen molar-refractivity contribution in [3.63, 3.8) is 0 Å². The van der Waals surface area contributed by atoms with Crippen molar-refractivity contribution in [2.45, 2.75) is 32.9 Å². The van der Waals surface area contributed by atoms with Gasteiger partial charge in [0.2, 0.25) is 0 Å². The molecule has 1 rings (SSSR count). The number of thioether (sulfide) groups is 1. The molecular weight excluding hydrogens is 259 g/mol. The molecule has 1 N–H and O–H groups in total. The molecule has 4 heteroatoms. The molecular formula is C15H25FN2S. The van der Waals surface area contributed by atoms with E-state index in [4.69, 9.17) is 0 Å². The van der Waals surface area contributed by atoms with Crippen LogP contribution >= 0.6 is 11.8 Å². The van der Waals surface area contributed by atoms with Gasteiger partial charge in [0, 0.05) is 25.3 Å². The van der Waals surface area contributed by atoms with Gasteiger partial charge in [0.05, 0.1) is 0 Å². The number of hydrogen-bond donors (Lipinski definition) is 1. The Morgan fingerprint density at radius 2 is 2.16 bits per heavy atom. The highest BCUT2D eigenvalue weighted by Crippen LogP contribution is 2.23. The van der Waals surface area contributed by atoms with Crippen molar-refractivity contribution in [2.75, 3.05) is 30.5 Å². The molecule has 2 nitrogen and oxygen atoms in total. The van der Waals surface area contributed by atoms with Gasteiger partial charge in [-0.3, -0.25) is 0 Å². The fourth-order valence-corrected chi connectivity index (χ4v) is 2.60. The maximum absolute atomic E-state index is 13.4. The molecule has 0 saturated heterocycles. The van der Waals surface area contributed by atoms with Crippen LogP contribution in [0.5, 0.6) is 0 Å². The van der Waals surface area contributed by atoms with Gasteiger partial charge in [0.1, 0.15) is 5.82 Å². The molecule has 0 fully saturated rings. The Balaban J connectivity index is 2.84. The zero-order chi connectivity index (χ0) is 14.3. The quantitative estimate of drug-likeness (QED) is 0.786. The largest absolute Gasteiger partial charge is 0.372 e. The average Bonchev–Trinajstić information content (AvgIpc) is 2.41. The molecule has 0 aliphatic heterocycles. The Kier molecular flexibility index (Phi) is 7.24. The fourth-order valence-electron chi connectivity index (χ4n) is 2.02. The molecule has 0 radical (unpaired) electrons. The van der Waals surface area contributed by atoms with Gasteiger partial charge in [-0.05, 0) is 55.7 Å². The van der Waals surface area contributed by atoms with Gasteiger partial charge < -0.3 is 10.2 Å². The number of anilines is 1. The normalized spacial score (nSPS) is 12.5. The first-order valence-electron chi connectivity index (χ1n) is 6.81. The summed E-state index contributed by atoms with van der Waals surface area (Å²) in [7, 11) is 2.09. The Labute approximate surface area is 120 Å². The minimum absolute atomic E-state index is 0.165. The standard InChI is InChI=1S/C15H25FN2S/c1-5-17-11-13-10-14(16)6-7-15(13)18(3)12(2)8-9-19-4/h6-7,10,12,17H,5,8-9,11H2,1-4H3. The van der Waals surface area contributed by atoms with Crippen LogP contribution < -0.4 is 10.2 Å². The summed E-state index contributed by atoms with van der Waals surface area (Å²) in [5, 5.41) is 3.27. The van der Waals surface area contributed by atoms with Gasteiger partial charge in [-0.1, -0.05) is 6.92 Å². The summed E-state index contributed by atoms with van der Waals surface area (Å²) in [4.78, 5) is 2.25. The van der Waals surface area contributed by atoms with E-state index in [1.54, 1.807) is 12.1 Å². The first kappa shape index (κ1) is 16.3. The lowest BCUT2D eigenvalue weighted by molar-refractivity contribution is 0.617. The molecule has 108 valence electrons. The van der Waals surface area contributed by atoms with E-state index < -0.39 is 0 Å². The number of benzene rings is 1. The van der Waals surface area contributed by atoms with Gasteiger partial charge in [0.25, 0.3) is 0 Å². The highest BCUT2D eigenvalue weighted by molar-refractivity contribution is 7.98.